The molecule has 4 rings (SSSR count). The number of hydrogen-bond acceptors (Lipinski definition) is 3. The second-order valence-corrected chi connectivity index (χ2v) is 8.72. The number of nitrogens with two attached hydrogens (primary N) is 2. The number of benzene rings is 3. The van der Waals surface area contributed by atoms with Crippen molar-refractivity contribution in [1.82, 2.24) is 0 Å². The molecule has 0 saturated heterocycles. The largest absolute Gasteiger partial charge is 0.396 e. The van der Waals surface area contributed by atoms with E-state index in [4.69, 9.17) is 28.9 Å². The second kappa shape index (κ2) is 8.36. The summed E-state index contributed by atoms with van der Waals surface area (Å²) in [7, 11) is 0. The third kappa shape index (κ3) is 3.88. The number of halogens is 2. The Morgan fingerprint density at radius 3 is 2.43 bits per heavy atom. The lowest BCUT2D eigenvalue weighted by atomic mass is 9.94. The number of anilines is 1. The summed E-state index contributed by atoms with van der Waals surface area (Å²) in [5.41, 5.74) is 10.7. The highest BCUT2D eigenvalue weighted by atomic mass is 35.5. The highest BCUT2D eigenvalue weighted by Gasteiger charge is 2.27. The van der Waals surface area contributed by atoms with E-state index in [9.17, 15) is 5.11 Å². The van der Waals surface area contributed by atoms with E-state index in [-0.39, 0.29) is 6.04 Å². The van der Waals surface area contributed by atoms with Crippen molar-refractivity contribution < 1.29 is 10.4 Å². The molecule has 3 aromatic carbocycles. The Morgan fingerprint density at radius 1 is 1.04 bits per heavy atom. The topological polar surface area (TPSA) is 62.9 Å². The van der Waals surface area contributed by atoms with E-state index in [1.54, 1.807) is 12.1 Å². The van der Waals surface area contributed by atoms with Gasteiger partial charge in [-0.1, -0.05) is 65.7 Å². The molecule has 1 heterocycles. The van der Waals surface area contributed by atoms with Gasteiger partial charge < -0.3 is 16.2 Å². The van der Waals surface area contributed by atoms with Gasteiger partial charge in [-0.25, -0.2) is 0 Å². The average Bonchev–Trinajstić information content (AvgIpc) is 2.87. The predicted octanol–water partition coefficient (Wildman–Crippen LogP) is 4.57. The van der Waals surface area contributed by atoms with Crippen LogP contribution in [0.15, 0.2) is 65.6 Å². The average molecular weight is 432 g/mol. The molecule has 2 atom stereocenters. The first-order chi connectivity index (χ1) is 13.5. The van der Waals surface area contributed by atoms with Gasteiger partial charge in [-0.05, 0) is 29.3 Å². The van der Waals surface area contributed by atoms with Crippen LogP contribution >= 0.6 is 35.0 Å². The van der Waals surface area contributed by atoms with E-state index in [1.807, 2.05) is 11.8 Å². The van der Waals surface area contributed by atoms with Crippen molar-refractivity contribution in [1.29, 1.82) is 0 Å². The van der Waals surface area contributed by atoms with Crippen LogP contribution in [-0.2, 0) is 5.75 Å². The molecule has 1 aliphatic heterocycles. The van der Waals surface area contributed by atoms with Crippen molar-refractivity contribution in [2.24, 2.45) is 0 Å². The molecule has 0 unspecified atom stereocenters. The zero-order valence-electron chi connectivity index (χ0n) is 15.1. The van der Waals surface area contributed by atoms with Crippen LogP contribution < -0.4 is 11.1 Å². The summed E-state index contributed by atoms with van der Waals surface area (Å²) < 4.78 is 0. The van der Waals surface area contributed by atoms with Gasteiger partial charge in [-0.2, -0.15) is 0 Å². The first kappa shape index (κ1) is 19.6. The van der Waals surface area contributed by atoms with Crippen LogP contribution in [0.2, 0.25) is 10.0 Å². The van der Waals surface area contributed by atoms with E-state index >= 15 is 0 Å². The Balaban J connectivity index is 1.62. The Bertz CT molecular complexity index is 941. The summed E-state index contributed by atoms with van der Waals surface area (Å²) >= 11 is 14.1. The van der Waals surface area contributed by atoms with Crippen molar-refractivity contribution in [3.05, 3.63) is 93.0 Å². The maximum absolute atomic E-state index is 10.8. The summed E-state index contributed by atoms with van der Waals surface area (Å²) in [6.45, 7) is 0.481. The minimum Gasteiger partial charge on any atom is -0.396 e. The highest BCUT2D eigenvalue weighted by molar-refractivity contribution is 7.98. The predicted molar refractivity (Wildman–Crippen MR) is 117 cm³/mol. The van der Waals surface area contributed by atoms with Crippen LogP contribution in [0.3, 0.4) is 0 Å². The summed E-state index contributed by atoms with van der Waals surface area (Å²) in [5.74, 6) is 0.948. The van der Waals surface area contributed by atoms with Gasteiger partial charge in [-0.15, -0.1) is 11.8 Å². The summed E-state index contributed by atoms with van der Waals surface area (Å²) in [6.07, 6.45) is -0.703. The molecule has 0 aliphatic carbocycles. The molecular weight excluding hydrogens is 411 g/mol. The van der Waals surface area contributed by atoms with Crippen LogP contribution in [0.25, 0.3) is 0 Å². The molecule has 1 aliphatic rings. The number of aliphatic hydroxyl groups is 1. The molecule has 3 aromatic rings. The lowest BCUT2D eigenvalue weighted by molar-refractivity contribution is -0.693. The third-order valence-electron chi connectivity index (χ3n) is 5.11. The third-order valence-corrected chi connectivity index (χ3v) is 6.87. The summed E-state index contributed by atoms with van der Waals surface area (Å²) in [6, 6.07) is 20.5. The first-order valence-electron chi connectivity index (χ1n) is 9.10. The van der Waals surface area contributed by atoms with Gasteiger partial charge in [-0.3, -0.25) is 0 Å². The zero-order chi connectivity index (χ0) is 19.7. The Labute approximate surface area is 178 Å². The van der Waals surface area contributed by atoms with Crippen LogP contribution in [0, 0.1) is 0 Å². The fourth-order valence-electron chi connectivity index (χ4n) is 3.61. The van der Waals surface area contributed by atoms with Gasteiger partial charge in [0, 0.05) is 21.8 Å². The number of hydrogen-bond donors (Lipinski definition) is 3. The molecule has 28 heavy (non-hydrogen) atoms. The number of quaternary nitrogens is 1. The molecule has 0 radical (unpaired) electrons. The number of rotatable bonds is 4. The van der Waals surface area contributed by atoms with Crippen molar-refractivity contribution in [2.45, 2.75) is 22.8 Å². The summed E-state index contributed by atoms with van der Waals surface area (Å²) in [5, 5.41) is 13.7. The van der Waals surface area contributed by atoms with Crippen molar-refractivity contribution >= 4 is 40.7 Å². The van der Waals surface area contributed by atoms with E-state index in [2.05, 4.69) is 53.8 Å². The maximum atomic E-state index is 10.8. The SMILES string of the molecule is Nc1c(Cl)cc([C@@H](O)C[NH2+][C@H]2c3ccccc3CSc3ccccc32)cc1Cl. The van der Waals surface area contributed by atoms with Crippen LogP contribution in [0.5, 0.6) is 0 Å². The van der Waals surface area contributed by atoms with E-state index in [1.165, 1.54) is 21.6 Å². The van der Waals surface area contributed by atoms with Crippen molar-refractivity contribution in [3.8, 4) is 0 Å². The number of thioether (sulfide) groups is 1. The van der Waals surface area contributed by atoms with Crippen LogP contribution in [0.4, 0.5) is 5.69 Å². The minimum atomic E-state index is -0.703. The molecule has 0 aromatic heterocycles. The number of fused-ring (bicyclic) bond motifs is 2. The fourth-order valence-corrected chi connectivity index (χ4v) is 5.23. The maximum Gasteiger partial charge on any atom is 0.139 e. The molecule has 0 amide bonds. The normalized spacial score (nSPS) is 16.8. The van der Waals surface area contributed by atoms with Gasteiger partial charge >= 0.3 is 0 Å². The van der Waals surface area contributed by atoms with Gasteiger partial charge in [0.25, 0.3) is 0 Å². The molecule has 5 N–H and O–H groups in total. The molecule has 0 fully saturated rings. The van der Waals surface area contributed by atoms with Gasteiger partial charge in [0.15, 0.2) is 0 Å². The highest BCUT2D eigenvalue weighted by Crippen LogP contribution is 2.37. The Morgan fingerprint density at radius 2 is 1.68 bits per heavy atom. The molecule has 0 spiro atoms. The first-order valence-corrected chi connectivity index (χ1v) is 10.8. The fraction of sp³-hybridized carbons (Fsp3) is 0.182. The van der Waals surface area contributed by atoms with Crippen LogP contribution in [-0.4, -0.2) is 11.7 Å². The lowest BCUT2D eigenvalue weighted by Crippen LogP contribution is -2.86. The van der Waals surface area contributed by atoms with E-state index < -0.39 is 6.10 Å². The van der Waals surface area contributed by atoms with Gasteiger partial charge in [0.2, 0.25) is 0 Å². The van der Waals surface area contributed by atoms with E-state index in [0.29, 0.717) is 27.8 Å². The second-order valence-electron chi connectivity index (χ2n) is 6.89. The van der Waals surface area contributed by atoms with Gasteiger partial charge in [0.05, 0.1) is 15.7 Å². The smallest absolute Gasteiger partial charge is 0.139 e. The van der Waals surface area contributed by atoms with Crippen molar-refractivity contribution in [3.63, 3.8) is 0 Å². The lowest BCUT2D eigenvalue weighted by Gasteiger charge is -2.20. The zero-order valence-corrected chi connectivity index (χ0v) is 17.4. The van der Waals surface area contributed by atoms with Gasteiger partial charge in [0.1, 0.15) is 18.7 Å². The number of aliphatic hydroxyl groups excluding tert-OH is 1. The molecule has 0 saturated carbocycles. The molecule has 0 bridgehead atoms. The number of nitrogen functional groups attached to an aromatic ring is 1. The van der Waals surface area contributed by atoms with E-state index in [0.717, 1.165) is 5.75 Å². The molecule has 6 heteroatoms. The minimum absolute atomic E-state index is 0.122. The van der Waals surface area contributed by atoms with Crippen LogP contribution in [0.1, 0.15) is 34.4 Å². The quantitative estimate of drug-likeness (QED) is 0.530. The summed E-state index contributed by atoms with van der Waals surface area (Å²) in [4.78, 5) is 1.29. The Kier molecular flexibility index (Phi) is 5.85. The molecule has 144 valence electrons. The van der Waals surface area contributed by atoms with Crippen molar-refractivity contribution in [2.75, 3.05) is 12.3 Å². The molecular formula is C22H21Cl2N2OS+. The monoisotopic (exact) mass is 431 g/mol. The molecule has 3 nitrogen and oxygen atoms in total. The Hall–Kier alpha value is -1.69. The standard InChI is InChI=1S/C22H20Cl2N2OS/c23-17-9-14(10-18(24)21(17)25)19(27)11-26-22-15-6-2-1-5-13(15)12-28-20-8-4-3-7-16(20)22/h1-10,19,22,26-27H,11-12,25H2/p+1/t19-,22-/m0/s1.